The molecule has 10 heteroatoms. The molecule has 0 radical (unpaired) electrons. The minimum absolute atomic E-state index is 0.111. The third kappa shape index (κ3) is 3.68. The lowest BCUT2D eigenvalue weighted by Gasteiger charge is -2.08. The van der Waals surface area contributed by atoms with Gasteiger partial charge in [0.05, 0.1) is 10.6 Å². The molecular weight excluding hydrogens is 386 g/mol. The quantitative estimate of drug-likeness (QED) is 0.275. The van der Waals surface area contributed by atoms with E-state index in [9.17, 15) is 28.2 Å². The van der Waals surface area contributed by atoms with Crippen molar-refractivity contribution in [3.05, 3.63) is 64.2 Å². The first-order chi connectivity index (χ1) is 13.2. The molecule has 9 nitrogen and oxygen atoms in total. The molecular formula is C18H15N3O6S. The van der Waals surface area contributed by atoms with E-state index in [0.717, 1.165) is 6.07 Å². The summed E-state index contributed by atoms with van der Waals surface area (Å²) in [6, 6.07) is 12.0. The summed E-state index contributed by atoms with van der Waals surface area (Å²) in [6.07, 6.45) is 0.468. The fourth-order valence-corrected chi connectivity index (χ4v) is 3.40. The van der Waals surface area contributed by atoms with Crippen molar-refractivity contribution in [2.75, 3.05) is 0 Å². The molecule has 3 rings (SSSR count). The predicted molar refractivity (Wildman–Crippen MR) is 102 cm³/mol. The molecule has 0 atom stereocenters. The van der Waals surface area contributed by atoms with Crippen molar-refractivity contribution in [1.29, 1.82) is 0 Å². The van der Waals surface area contributed by atoms with Crippen molar-refractivity contribution in [2.24, 2.45) is 10.2 Å². The molecule has 0 aromatic heterocycles. The molecule has 0 unspecified atom stereocenters. The first kappa shape index (κ1) is 19.4. The summed E-state index contributed by atoms with van der Waals surface area (Å²) >= 11 is 0. The molecule has 0 aliphatic heterocycles. The van der Waals surface area contributed by atoms with Crippen molar-refractivity contribution in [3.8, 4) is 5.75 Å². The number of nitrogens with zero attached hydrogens (tertiary/aromatic N) is 3. The molecule has 28 heavy (non-hydrogen) atoms. The Morgan fingerprint density at radius 2 is 1.82 bits per heavy atom. The van der Waals surface area contributed by atoms with Gasteiger partial charge in [-0.25, -0.2) is 0 Å². The first-order valence-corrected chi connectivity index (χ1v) is 9.57. The van der Waals surface area contributed by atoms with E-state index in [2.05, 4.69) is 10.2 Å². The number of fused-ring (bicyclic) bond motifs is 1. The molecule has 0 aliphatic carbocycles. The van der Waals surface area contributed by atoms with Crippen LogP contribution in [0.1, 0.15) is 12.5 Å². The Kier molecular flexibility index (Phi) is 5.08. The maximum atomic E-state index is 11.6. The van der Waals surface area contributed by atoms with E-state index in [4.69, 9.17) is 0 Å². The van der Waals surface area contributed by atoms with Gasteiger partial charge in [0.15, 0.2) is 5.75 Å². The smallest absolute Gasteiger partial charge is 0.298 e. The van der Waals surface area contributed by atoms with Gasteiger partial charge in [-0.1, -0.05) is 31.2 Å². The Hall–Kier alpha value is -3.37. The number of aromatic hydroxyl groups is 1. The zero-order valence-electron chi connectivity index (χ0n) is 14.6. The summed E-state index contributed by atoms with van der Waals surface area (Å²) in [6.45, 7) is 1.79. The summed E-state index contributed by atoms with van der Waals surface area (Å²) in [5.74, 6) is -0.760. The van der Waals surface area contributed by atoms with E-state index < -0.39 is 25.7 Å². The van der Waals surface area contributed by atoms with Crippen LogP contribution in [0, 0.1) is 10.1 Å². The SMILES string of the molecule is CCc1ccc(N=Nc2c(O)c(S(=O)(=O)O)cc3ccccc23)cc1[N+](=O)[O-]. The van der Waals surface area contributed by atoms with Crippen LogP contribution >= 0.6 is 0 Å². The van der Waals surface area contributed by atoms with Gasteiger partial charge >= 0.3 is 0 Å². The van der Waals surface area contributed by atoms with Crippen molar-refractivity contribution in [3.63, 3.8) is 0 Å². The minimum Gasteiger partial charge on any atom is -0.504 e. The summed E-state index contributed by atoms with van der Waals surface area (Å²) in [7, 11) is -4.70. The zero-order chi connectivity index (χ0) is 20.5. The number of hydrogen-bond acceptors (Lipinski definition) is 7. The number of aryl methyl sites for hydroxylation is 1. The fraction of sp³-hybridized carbons (Fsp3) is 0.111. The van der Waals surface area contributed by atoms with Gasteiger partial charge in [-0.05, 0) is 30.0 Å². The van der Waals surface area contributed by atoms with Crippen LogP contribution in [0.4, 0.5) is 17.1 Å². The minimum atomic E-state index is -4.70. The first-order valence-electron chi connectivity index (χ1n) is 8.13. The van der Waals surface area contributed by atoms with E-state index in [-0.39, 0.29) is 17.1 Å². The van der Waals surface area contributed by atoms with Gasteiger partial charge in [-0.15, -0.1) is 5.11 Å². The van der Waals surface area contributed by atoms with Gasteiger partial charge < -0.3 is 5.11 Å². The van der Waals surface area contributed by atoms with E-state index in [0.29, 0.717) is 22.8 Å². The number of phenolic OH excluding ortho intramolecular Hbond substituents is 1. The molecule has 0 spiro atoms. The number of azo groups is 1. The molecule has 2 N–H and O–H groups in total. The van der Waals surface area contributed by atoms with Gasteiger partial charge in [0.1, 0.15) is 10.6 Å². The standard InChI is InChI=1S/C18H15N3O6S/c1-2-11-7-8-13(10-15(11)21(23)24)19-20-17-14-6-4-3-5-12(14)9-16(18(17)22)28(25,26)27/h3-10,22H,2H2,1H3,(H,25,26,27). The van der Waals surface area contributed by atoms with Gasteiger partial charge in [0.2, 0.25) is 0 Å². The van der Waals surface area contributed by atoms with E-state index in [1.54, 1.807) is 37.3 Å². The van der Waals surface area contributed by atoms with Crippen molar-refractivity contribution in [2.45, 2.75) is 18.2 Å². The Bertz CT molecular complexity index is 1220. The highest BCUT2D eigenvalue weighted by atomic mass is 32.2. The maximum absolute atomic E-state index is 11.6. The second-order valence-corrected chi connectivity index (χ2v) is 7.28. The predicted octanol–water partition coefficient (Wildman–Crippen LogP) is 4.68. The van der Waals surface area contributed by atoms with Crippen LogP contribution in [0.3, 0.4) is 0 Å². The third-order valence-electron chi connectivity index (χ3n) is 4.15. The van der Waals surface area contributed by atoms with Crippen LogP contribution in [0.25, 0.3) is 10.8 Å². The van der Waals surface area contributed by atoms with Crippen LogP contribution in [0.2, 0.25) is 0 Å². The summed E-state index contributed by atoms with van der Waals surface area (Å²) < 4.78 is 32.5. The molecule has 0 saturated heterocycles. The highest BCUT2D eigenvalue weighted by molar-refractivity contribution is 7.86. The van der Waals surface area contributed by atoms with Crippen LogP contribution in [0.5, 0.6) is 5.75 Å². The number of nitro groups is 1. The second-order valence-electron chi connectivity index (χ2n) is 5.89. The second kappa shape index (κ2) is 7.33. The number of benzene rings is 3. The van der Waals surface area contributed by atoms with Crippen LogP contribution in [-0.4, -0.2) is 23.0 Å². The van der Waals surface area contributed by atoms with Crippen molar-refractivity contribution in [1.82, 2.24) is 0 Å². The van der Waals surface area contributed by atoms with Gasteiger partial charge in [-0.2, -0.15) is 13.5 Å². The molecule has 3 aromatic rings. The molecule has 0 amide bonds. The average molecular weight is 401 g/mol. The van der Waals surface area contributed by atoms with Crippen LogP contribution in [0.15, 0.2) is 63.7 Å². The van der Waals surface area contributed by atoms with E-state index >= 15 is 0 Å². The lowest BCUT2D eigenvalue weighted by molar-refractivity contribution is -0.385. The Morgan fingerprint density at radius 3 is 2.46 bits per heavy atom. The lowest BCUT2D eigenvalue weighted by atomic mass is 10.1. The van der Waals surface area contributed by atoms with Crippen molar-refractivity contribution >= 4 is 38.0 Å². The Balaban J connectivity index is 2.18. The monoisotopic (exact) mass is 401 g/mol. The van der Waals surface area contributed by atoms with Gasteiger partial charge in [0.25, 0.3) is 15.8 Å². The summed E-state index contributed by atoms with van der Waals surface area (Å²) in [4.78, 5) is 9.96. The lowest BCUT2D eigenvalue weighted by Crippen LogP contribution is -1.98. The third-order valence-corrected chi connectivity index (χ3v) is 5.02. The summed E-state index contributed by atoms with van der Waals surface area (Å²) in [5.41, 5.74) is 0.405. The largest absolute Gasteiger partial charge is 0.504 e. The van der Waals surface area contributed by atoms with Crippen LogP contribution < -0.4 is 0 Å². The Labute approximate surface area is 159 Å². The topological polar surface area (TPSA) is 142 Å². The molecule has 0 aliphatic rings. The fourth-order valence-electron chi connectivity index (χ4n) is 2.78. The van der Waals surface area contributed by atoms with E-state index in [1.165, 1.54) is 12.1 Å². The number of hydrogen-bond donors (Lipinski definition) is 2. The normalized spacial score (nSPS) is 11.9. The molecule has 0 heterocycles. The molecule has 144 valence electrons. The molecule has 0 bridgehead atoms. The molecule has 3 aromatic carbocycles. The average Bonchev–Trinajstić information content (AvgIpc) is 2.65. The Morgan fingerprint density at radius 1 is 1.11 bits per heavy atom. The molecule has 0 fully saturated rings. The van der Waals surface area contributed by atoms with Gasteiger partial charge in [0, 0.05) is 17.0 Å². The summed E-state index contributed by atoms with van der Waals surface area (Å²) in [5, 5.41) is 30.1. The number of nitro benzene ring substituents is 1. The number of rotatable bonds is 5. The van der Waals surface area contributed by atoms with Crippen LogP contribution in [-0.2, 0) is 16.5 Å². The zero-order valence-corrected chi connectivity index (χ0v) is 15.4. The molecule has 0 saturated carbocycles. The van der Waals surface area contributed by atoms with Crippen molar-refractivity contribution < 1.29 is 23.0 Å². The number of phenols is 1. The maximum Gasteiger partial charge on any atom is 0.298 e. The van der Waals surface area contributed by atoms with E-state index in [1.807, 2.05) is 0 Å². The van der Waals surface area contributed by atoms with Gasteiger partial charge in [-0.3, -0.25) is 14.7 Å². The highest BCUT2D eigenvalue weighted by Crippen LogP contribution is 2.41. The highest BCUT2D eigenvalue weighted by Gasteiger charge is 2.21.